The second kappa shape index (κ2) is 7.46. The number of aliphatic carboxylic acids is 1. The average molecular weight is 381 g/mol. The first-order valence-electron chi connectivity index (χ1n) is 9.10. The summed E-state index contributed by atoms with van der Waals surface area (Å²) in [5.41, 5.74) is 1.29. The lowest BCUT2D eigenvalue weighted by molar-refractivity contribution is -0.141. The number of rotatable bonds is 5. The fraction of sp³-hybridized carbons (Fsp3) is 0.318. The van der Waals surface area contributed by atoms with Crippen LogP contribution in [0, 0.1) is 0 Å². The van der Waals surface area contributed by atoms with Gasteiger partial charge in [0.15, 0.2) is 0 Å². The number of benzene rings is 2. The lowest BCUT2D eigenvalue weighted by Gasteiger charge is -2.32. The molecule has 1 N–H and O–H groups in total. The number of carbonyl (C=O) groups is 3. The van der Waals surface area contributed by atoms with E-state index in [1.54, 1.807) is 48.5 Å². The van der Waals surface area contributed by atoms with E-state index in [4.69, 9.17) is 4.74 Å². The number of ether oxygens (including phenoxy) is 1. The van der Waals surface area contributed by atoms with E-state index in [9.17, 15) is 19.5 Å². The Balaban J connectivity index is 1.86. The summed E-state index contributed by atoms with van der Waals surface area (Å²) in [6.07, 6.45) is -0.349. The Hall–Kier alpha value is -3.15. The predicted molar refractivity (Wildman–Crippen MR) is 103 cm³/mol. The normalized spacial score (nSPS) is 16.7. The highest BCUT2D eigenvalue weighted by molar-refractivity contribution is 6.12. The highest BCUT2D eigenvalue weighted by atomic mass is 16.5. The van der Waals surface area contributed by atoms with E-state index in [-0.39, 0.29) is 18.6 Å². The molecule has 0 radical (unpaired) electrons. The van der Waals surface area contributed by atoms with Crippen molar-refractivity contribution < 1.29 is 24.2 Å². The fourth-order valence-electron chi connectivity index (χ4n) is 3.28. The Morgan fingerprint density at radius 3 is 2.32 bits per heavy atom. The minimum atomic E-state index is -1.08. The van der Waals surface area contributed by atoms with Gasteiger partial charge in [0.25, 0.3) is 5.91 Å². The van der Waals surface area contributed by atoms with Crippen LogP contribution in [0.3, 0.4) is 0 Å². The summed E-state index contributed by atoms with van der Waals surface area (Å²) in [7, 11) is 0. The number of carboxylic acid groups (broad SMARTS) is 1. The van der Waals surface area contributed by atoms with Crippen molar-refractivity contribution in [2.45, 2.75) is 45.3 Å². The van der Waals surface area contributed by atoms with Crippen LogP contribution in [0.1, 0.15) is 54.6 Å². The van der Waals surface area contributed by atoms with Gasteiger partial charge in [-0.1, -0.05) is 30.3 Å². The van der Waals surface area contributed by atoms with Crippen LogP contribution in [0.5, 0.6) is 5.75 Å². The van der Waals surface area contributed by atoms with Gasteiger partial charge in [-0.3, -0.25) is 19.3 Å². The number of hydrogen-bond acceptors (Lipinski definition) is 4. The zero-order valence-corrected chi connectivity index (χ0v) is 16.1. The molecule has 6 nitrogen and oxygen atoms in total. The van der Waals surface area contributed by atoms with Crippen LogP contribution in [0.25, 0.3) is 0 Å². The maximum atomic E-state index is 12.9. The molecule has 0 bridgehead atoms. The summed E-state index contributed by atoms with van der Waals surface area (Å²) in [4.78, 5) is 38.1. The number of nitrogens with zero attached hydrogens (tertiary/aromatic N) is 1. The molecule has 3 rings (SSSR count). The Labute approximate surface area is 163 Å². The molecule has 1 atom stereocenters. The van der Waals surface area contributed by atoms with Crippen molar-refractivity contribution >= 4 is 17.8 Å². The third-order valence-corrected chi connectivity index (χ3v) is 4.44. The maximum absolute atomic E-state index is 12.9. The molecular formula is C22H23NO5. The van der Waals surface area contributed by atoms with Gasteiger partial charge < -0.3 is 9.84 Å². The number of imide groups is 1. The van der Waals surface area contributed by atoms with Gasteiger partial charge in [-0.15, -0.1) is 0 Å². The van der Waals surface area contributed by atoms with Gasteiger partial charge in [-0.2, -0.15) is 0 Å². The van der Waals surface area contributed by atoms with Crippen LogP contribution in [0.4, 0.5) is 0 Å². The second-order valence-electron chi connectivity index (χ2n) is 7.83. The fourth-order valence-corrected chi connectivity index (χ4v) is 3.28. The minimum Gasteiger partial charge on any atom is -0.488 e. The van der Waals surface area contributed by atoms with E-state index in [1.807, 2.05) is 20.8 Å². The molecule has 0 aromatic heterocycles. The molecule has 1 aliphatic heterocycles. The number of carboxylic acids is 1. The molecule has 1 unspecified atom stereocenters. The van der Waals surface area contributed by atoms with Crippen molar-refractivity contribution in [2.75, 3.05) is 0 Å². The standard InChI is InChI=1S/C22H23NO5/c1-22(2,3)28-15-10-8-14(9-11-15)13-23-20(26)17-7-5-4-6-16(17)18(21(23)27)12-19(24)25/h4-11,18H,12-13H2,1-3H3,(H,24,25). The lowest BCUT2D eigenvalue weighted by atomic mass is 9.86. The monoisotopic (exact) mass is 381 g/mol. The summed E-state index contributed by atoms with van der Waals surface area (Å²) in [6.45, 7) is 5.93. The lowest BCUT2D eigenvalue weighted by Crippen LogP contribution is -2.44. The van der Waals surface area contributed by atoms with Crippen molar-refractivity contribution in [3.8, 4) is 5.75 Å². The van der Waals surface area contributed by atoms with Gasteiger partial charge in [-0.05, 0) is 50.1 Å². The van der Waals surface area contributed by atoms with Crippen LogP contribution < -0.4 is 4.74 Å². The molecule has 2 amide bonds. The summed E-state index contributed by atoms with van der Waals surface area (Å²) < 4.78 is 5.78. The van der Waals surface area contributed by atoms with Crippen LogP contribution in [0.15, 0.2) is 48.5 Å². The van der Waals surface area contributed by atoms with Gasteiger partial charge in [-0.25, -0.2) is 0 Å². The van der Waals surface area contributed by atoms with E-state index < -0.39 is 23.7 Å². The summed E-state index contributed by atoms with van der Waals surface area (Å²) >= 11 is 0. The topological polar surface area (TPSA) is 83.9 Å². The first-order valence-corrected chi connectivity index (χ1v) is 9.10. The first-order chi connectivity index (χ1) is 13.2. The minimum absolute atomic E-state index is 0.0813. The van der Waals surface area contributed by atoms with E-state index >= 15 is 0 Å². The van der Waals surface area contributed by atoms with Crippen molar-refractivity contribution in [2.24, 2.45) is 0 Å². The smallest absolute Gasteiger partial charge is 0.304 e. The quantitative estimate of drug-likeness (QED) is 0.800. The Bertz CT molecular complexity index is 911. The third-order valence-electron chi connectivity index (χ3n) is 4.44. The molecule has 2 aromatic carbocycles. The third kappa shape index (κ3) is 4.22. The van der Waals surface area contributed by atoms with E-state index in [0.717, 1.165) is 10.5 Å². The van der Waals surface area contributed by atoms with Gasteiger partial charge in [0, 0.05) is 5.56 Å². The van der Waals surface area contributed by atoms with Crippen LogP contribution in [0.2, 0.25) is 0 Å². The molecule has 1 heterocycles. The zero-order valence-electron chi connectivity index (χ0n) is 16.1. The molecule has 0 saturated carbocycles. The number of amides is 2. The Morgan fingerprint density at radius 2 is 1.71 bits per heavy atom. The van der Waals surface area contributed by atoms with E-state index in [0.29, 0.717) is 16.9 Å². The van der Waals surface area contributed by atoms with Gasteiger partial charge in [0.05, 0.1) is 18.9 Å². The molecule has 0 saturated heterocycles. The molecule has 0 fully saturated rings. The van der Waals surface area contributed by atoms with Crippen LogP contribution in [-0.4, -0.2) is 33.4 Å². The molecule has 0 aliphatic carbocycles. The van der Waals surface area contributed by atoms with Gasteiger partial charge in [0.2, 0.25) is 5.91 Å². The Kier molecular flexibility index (Phi) is 5.23. The van der Waals surface area contributed by atoms with E-state index in [1.165, 1.54) is 0 Å². The average Bonchev–Trinajstić information content (AvgIpc) is 2.62. The summed E-state index contributed by atoms with van der Waals surface area (Å²) in [6, 6.07) is 13.9. The van der Waals surface area contributed by atoms with E-state index in [2.05, 4.69) is 0 Å². The van der Waals surface area contributed by atoms with Crippen molar-refractivity contribution in [1.29, 1.82) is 0 Å². The molecule has 2 aromatic rings. The largest absolute Gasteiger partial charge is 0.488 e. The van der Waals surface area contributed by atoms with Crippen molar-refractivity contribution in [1.82, 2.24) is 4.90 Å². The second-order valence-corrected chi connectivity index (χ2v) is 7.83. The number of hydrogen-bond donors (Lipinski definition) is 1. The SMILES string of the molecule is CC(C)(C)Oc1ccc(CN2C(=O)c3ccccc3C(CC(=O)O)C2=O)cc1. The van der Waals surface area contributed by atoms with Crippen LogP contribution in [-0.2, 0) is 16.1 Å². The molecule has 28 heavy (non-hydrogen) atoms. The van der Waals surface area contributed by atoms with Gasteiger partial charge in [0.1, 0.15) is 11.4 Å². The van der Waals surface area contributed by atoms with Gasteiger partial charge >= 0.3 is 5.97 Å². The van der Waals surface area contributed by atoms with Crippen molar-refractivity contribution in [3.05, 3.63) is 65.2 Å². The molecule has 0 spiro atoms. The Morgan fingerprint density at radius 1 is 1.07 bits per heavy atom. The first kappa shape index (κ1) is 19.6. The number of fused-ring (bicyclic) bond motifs is 1. The highest BCUT2D eigenvalue weighted by Gasteiger charge is 2.39. The highest BCUT2D eigenvalue weighted by Crippen LogP contribution is 2.33. The molecule has 146 valence electrons. The van der Waals surface area contributed by atoms with Crippen molar-refractivity contribution in [3.63, 3.8) is 0 Å². The molecule has 1 aliphatic rings. The van der Waals surface area contributed by atoms with Crippen LogP contribution >= 0.6 is 0 Å². The molecule has 6 heteroatoms. The predicted octanol–water partition coefficient (Wildman–Crippen LogP) is 3.60. The zero-order chi connectivity index (χ0) is 20.5. The maximum Gasteiger partial charge on any atom is 0.304 e. The summed E-state index contributed by atoms with van der Waals surface area (Å²) in [5, 5.41) is 9.20. The summed E-state index contributed by atoms with van der Waals surface area (Å²) in [5.74, 6) is -2.14. The molecular weight excluding hydrogens is 358 g/mol. The number of carbonyl (C=O) groups excluding carboxylic acids is 2.